The third-order valence-corrected chi connectivity index (χ3v) is 4.92. The Morgan fingerprint density at radius 2 is 1.42 bits per heavy atom. The summed E-state index contributed by atoms with van der Waals surface area (Å²) in [5.41, 5.74) is 2.73. The number of halogens is 5. The van der Waals surface area contributed by atoms with E-state index in [1.807, 2.05) is 0 Å². The topological polar surface area (TPSA) is 46.6 Å². The molecule has 0 fully saturated rings. The molecule has 3 rings (SSSR count). The van der Waals surface area contributed by atoms with Gasteiger partial charge in [-0.15, -0.1) is 0 Å². The van der Waals surface area contributed by atoms with Crippen molar-refractivity contribution in [2.24, 2.45) is 0 Å². The summed E-state index contributed by atoms with van der Waals surface area (Å²) >= 11 is 4.93. The Morgan fingerprint density at radius 3 is 1.97 bits per heavy atom. The van der Waals surface area contributed by atoms with Gasteiger partial charge in [-0.1, -0.05) is 42.5 Å². The lowest BCUT2D eigenvalue weighted by atomic mass is 10.1. The molecular formula is C23H14F5NO3S. The van der Waals surface area contributed by atoms with Gasteiger partial charge in [-0.05, 0) is 36.2 Å². The van der Waals surface area contributed by atoms with Gasteiger partial charge in [-0.25, -0.2) is 18.0 Å². The normalized spacial score (nSPS) is 10.6. The van der Waals surface area contributed by atoms with Gasteiger partial charge >= 0.3 is 5.97 Å². The standard InChI is InChI=1S/C23H14F5NO3S/c1-12-4-2-3-5-15(12)22(30)29(11-33)10-13-6-8-14(9-7-13)23(31)32-21-19(27)17(25)16(24)18(26)20(21)28/h2-9,11H,10H2,1H3. The molecule has 10 heteroatoms. The summed E-state index contributed by atoms with van der Waals surface area (Å²) < 4.78 is 71.5. The Kier molecular flexibility index (Phi) is 7.17. The van der Waals surface area contributed by atoms with Crippen LogP contribution in [0.15, 0.2) is 48.5 Å². The summed E-state index contributed by atoms with van der Waals surface area (Å²) in [6, 6.07) is 12.2. The van der Waals surface area contributed by atoms with Crippen molar-refractivity contribution in [1.29, 1.82) is 0 Å². The van der Waals surface area contributed by atoms with Crippen LogP contribution in [0.5, 0.6) is 5.75 Å². The zero-order valence-corrected chi connectivity index (χ0v) is 17.7. The summed E-state index contributed by atoms with van der Waals surface area (Å²) in [6.07, 6.45) is 0. The maximum absolute atomic E-state index is 13.7. The Bertz CT molecular complexity index is 1220. The number of benzene rings is 3. The molecule has 0 N–H and O–H groups in total. The Hall–Kier alpha value is -3.66. The van der Waals surface area contributed by atoms with Crippen molar-refractivity contribution in [3.05, 3.63) is 99.9 Å². The largest absolute Gasteiger partial charge is 0.416 e. The Labute approximate surface area is 190 Å². The lowest BCUT2D eigenvalue weighted by molar-refractivity contribution is 0.0715. The van der Waals surface area contributed by atoms with Crippen molar-refractivity contribution in [3.63, 3.8) is 0 Å². The van der Waals surface area contributed by atoms with Gasteiger partial charge in [0.1, 0.15) is 0 Å². The maximum atomic E-state index is 13.7. The molecule has 3 aromatic carbocycles. The number of hydrogen-bond donors (Lipinski definition) is 0. The highest BCUT2D eigenvalue weighted by Crippen LogP contribution is 2.29. The molecule has 0 bridgehead atoms. The van der Waals surface area contributed by atoms with Crippen LogP contribution in [0.2, 0.25) is 0 Å². The minimum atomic E-state index is -2.36. The van der Waals surface area contributed by atoms with Crippen LogP contribution in [0.25, 0.3) is 0 Å². The Morgan fingerprint density at radius 1 is 0.879 bits per heavy atom. The lowest BCUT2D eigenvalue weighted by Gasteiger charge is -2.18. The number of hydrogen-bond acceptors (Lipinski definition) is 4. The van der Waals surface area contributed by atoms with Crippen LogP contribution >= 0.6 is 12.2 Å². The van der Waals surface area contributed by atoms with Crippen molar-refractivity contribution in [3.8, 4) is 5.75 Å². The molecule has 4 nitrogen and oxygen atoms in total. The summed E-state index contributed by atoms with van der Waals surface area (Å²) in [7, 11) is 0. The van der Waals surface area contributed by atoms with Crippen LogP contribution in [0.4, 0.5) is 22.0 Å². The highest BCUT2D eigenvalue weighted by Gasteiger charge is 2.29. The van der Waals surface area contributed by atoms with Crippen LogP contribution in [0, 0.1) is 36.0 Å². The highest BCUT2D eigenvalue weighted by molar-refractivity contribution is 7.78. The molecular weight excluding hydrogens is 465 g/mol. The van der Waals surface area contributed by atoms with Crippen LogP contribution in [0.3, 0.4) is 0 Å². The van der Waals surface area contributed by atoms with Crippen molar-refractivity contribution >= 4 is 29.6 Å². The zero-order valence-electron chi connectivity index (χ0n) is 16.9. The van der Waals surface area contributed by atoms with E-state index >= 15 is 0 Å². The van der Waals surface area contributed by atoms with Gasteiger partial charge in [0, 0.05) is 5.56 Å². The van der Waals surface area contributed by atoms with E-state index in [9.17, 15) is 31.5 Å². The highest BCUT2D eigenvalue weighted by atomic mass is 32.1. The first-order valence-corrected chi connectivity index (χ1v) is 9.77. The zero-order chi connectivity index (χ0) is 24.3. The molecule has 0 unspecified atom stereocenters. The molecule has 0 aromatic heterocycles. The molecule has 0 atom stereocenters. The van der Waals surface area contributed by atoms with E-state index in [4.69, 9.17) is 12.2 Å². The molecule has 1 amide bonds. The molecule has 0 aliphatic rings. The van der Waals surface area contributed by atoms with Gasteiger partial charge in [-0.3, -0.25) is 4.79 Å². The fourth-order valence-corrected chi connectivity index (χ4v) is 3.06. The summed E-state index contributed by atoms with van der Waals surface area (Å²) in [6.45, 7) is 1.84. The molecule has 0 spiro atoms. The van der Waals surface area contributed by atoms with Gasteiger partial charge in [0.15, 0.2) is 0 Å². The van der Waals surface area contributed by atoms with Crippen LogP contribution in [-0.2, 0) is 6.54 Å². The van der Waals surface area contributed by atoms with E-state index in [1.54, 1.807) is 31.2 Å². The number of rotatable bonds is 6. The van der Waals surface area contributed by atoms with Crippen molar-refractivity contribution in [2.45, 2.75) is 13.5 Å². The maximum Gasteiger partial charge on any atom is 0.343 e. The molecule has 170 valence electrons. The molecule has 0 radical (unpaired) electrons. The average molecular weight is 479 g/mol. The average Bonchev–Trinajstić information content (AvgIpc) is 2.82. The van der Waals surface area contributed by atoms with Gasteiger partial charge < -0.3 is 9.64 Å². The first-order valence-electron chi connectivity index (χ1n) is 9.30. The summed E-state index contributed by atoms with van der Waals surface area (Å²) in [4.78, 5) is 26.2. The number of carbonyl (C=O) groups is 2. The number of ether oxygens (including phenoxy) is 1. The van der Waals surface area contributed by atoms with E-state index in [0.29, 0.717) is 11.1 Å². The molecule has 33 heavy (non-hydrogen) atoms. The second kappa shape index (κ2) is 9.86. The van der Waals surface area contributed by atoms with Gasteiger partial charge in [0.25, 0.3) is 5.91 Å². The number of aryl methyl sites for hydroxylation is 1. The minimum absolute atomic E-state index is 0.0592. The number of nitrogens with zero attached hydrogens (tertiary/aromatic N) is 1. The fourth-order valence-electron chi connectivity index (χ4n) is 2.89. The predicted octanol–water partition coefficient (Wildman–Crippen LogP) is 5.51. The number of amides is 1. The van der Waals surface area contributed by atoms with Crippen LogP contribution < -0.4 is 4.74 Å². The second-order valence-corrected chi connectivity index (χ2v) is 7.05. The third kappa shape index (κ3) is 4.90. The van der Waals surface area contributed by atoms with Gasteiger partial charge in [0.05, 0.1) is 17.6 Å². The second-order valence-electron chi connectivity index (χ2n) is 6.84. The summed E-state index contributed by atoms with van der Waals surface area (Å²) in [5, 5.41) is 0. The molecule has 0 aliphatic carbocycles. The van der Waals surface area contributed by atoms with Crippen molar-refractivity contribution in [1.82, 2.24) is 4.90 Å². The monoisotopic (exact) mass is 479 g/mol. The first-order chi connectivity index (χ1) is 15.6. The molecule has 0 aliphatic heterocycles. The molecule has 0 saturated carbocycles. The predicted molar refractivity (Wildman–Crippen MR) is 112 cm³/mol. The quantitative estimate of drug-likeness (QED) is 0.117. The number of esters is 1. The molecule has 3 aromatic rings. The van der Waals surface area contributed by atoms with Gasteiger partial charge in [0.2, 0.25) is 34.8 Å². The molecule has 0 heterocycles. The minimum Gasteiger partial charge on any atom is -0.416 e. The lowest BCUT2D eigenvalue weighted by Crippen LogP contribution is -2.29. The van der Waals surface area contributed by atoms with E-state index in [2.05, 4.69) is 4.74 Å². The molecule has 0 saturated heterocycles. The van der Waals surface area contributed by atoms with Crippen molar-refractivity contribution in [2.75, 3.05) is 0 Å². The van der Waals surface area contributed by atoms with Crippen LogP contribution in [0.1, 0.15) is 31.8 Å². The number of carbonyl (C=O) groups excluding carboxylic acids is 2. The summed E-state index contributed by atoms with van der Waals surface area (Å²) in [5.74, 6) is -14.7. The Balaban J connectivity index is 1.76. The smallest absolute Gasteiger partial charge is 0.343 e. The van der Waals surface area contributed by atoms with E-state index in [1.165, 1.54) is 34.7 Å². The first kappa shape index (κ1) is 24.0. The van der Waals surface area contributed by atoms with E-state index in [0.717, 1.165) is 5.56 Å². The van der Waals surface area contributed by atoms with E-state index in [-0.39, 0.29) is 18.0 Å². The third-order valence-electron chi connectivity index (χ3n) is 4.67. The SMILES string of the molecule is Cc1ccccc1C(=O)N(C=S)Cc1ccc(C(=O)Oc2c(F)c(F)c(F)c(F)c2F)cc1. The van der Waals surface area contributed by atoms with Gasteiger partial charge in [-0.2, -0.15) is 8.78 Å². The van der Waals surface area contributed by atoms with Crippen molar-refractivity contribution < 1.29 is 36.3 Å². The van der Waals surface area contributed by atoms with Crippen LogP contribution in [-0.4, -0.2) is 22.3 Å². The van der Waals surface area contributed by atoms with E-state index < -0.39 is 40.8 Å². The number of thiocarbonyl (C=S) groups is 1. The fraction of sp³-hybridized carbons (Fsp3) is 0.0870.